The lowest BCUT2D eigenvalue weighted by Crippen LogP contribution is -2.46. The monoisotopic (exact) mass is 403 g/mol. The molecule has 1 aromatic carbocycles. The zero-order chi connectivity index (χ0) is 21.2. The smallest absolute Gasteiger partial charge is 0.253 e. The van der Waals surface area contributed by atoms with Gasteiger partial charge in [0, 0.05) is 52.4 Å². The van der Waals surface area contributed by atoms with Gasteiger partial charge in [-0.2, -0.15) is 0 Å². The van der Waals surface area contributed by atoms with Gasteiger partial charge in [-0.3, -0.25) is 9.69 Å². The molecule has 1 amide bonds. The number of carbonyl (C=O) groups excluding carboxylic acids is 1. The van der Waals surface area contributed by atoms with Crippen LogP contribution in [-0.2, 0) is 11.3 Å². The van der Waals surface area contributed by atoms with E-state index in [0.29, 0.717) is 24.3 Å². The molecule has 1 fully saturated rings. The van der Waals surface area contributed by atoms with Crippen LogP contribution in [0, 0.1) is 0 Å². The zero-order valence-corrected chi connectivity index (χ0v) is 18.6. The first kappa shape index (κ1) is 23.2. The van der Waals surface area contributed by atoms with Crippen LogP contribution < -0.4 is 10.6 Å². The fourth-order valence-corrected chi connectivity index (χ4v) is 3.50. The van der Waals surface area contributed by atoms with Crippen molar-refractivity contribution in [3.8, 4) is 0 Å². The summed E-state index contributed by atoms with van der Waals surface area (Å²) in [5.74, 6) is 0.837. The number of benzene rings is 1. The fraction of sp³-hybridized carbons (Fsp3) is 0.636. The van der Waals surface area contributed by atoms with Crippen molar-refractivity contribution in [1.29, 1.82) is 0 Å². The normalized spacial score (nSPS) is 20.4. The number of guanidine groups is 1. The number of nitrogens with zero attached hydrogens (tertiary/aromatic N) is 3. The average Bonchev–Trinajstić information content (AvgIpc) is 2.68. The number of hydrogen-bond acceptors (Lipinski definition) is 4. The summed E-state index contributed by atoms with van der Waals surface area (Å²) in [7, 11) is 3.52. The number of nitrogens with one attached hydrogen (secondary N) is 2. The highest BCUT2D eigenvalue weighted by Gasteiger charge is 2.21. The molecule has 1 saturated heterocycles. The topological polar surface area (TPSA) is 69.2 Å². The van der Waals surface area contributed by atoms with Crippen molar-refractivity contribution in [1.82, 2.24) is 20.4 Å². The number of carbonyl (C=O) groups is 1. The largest absolute Gasteiger partial charge is 0.373 e. The van der Waals surface area contributed by atoms with Crippen LogP contribution in [0.2, 0.25) is 0 Å². The van der Waals surface area contributed by atoms with Crippen molar-refractivity contribution in [2.24, 2.45) is 4.99 Å². The van der Waals surface area contributed by atoms with Gasteiger partial charge in [0.25, 0.3) is 5.91 Å². The van der Waals surface area contributed by atoms with E-state index in [1.165, 1.54) is 0 Å². The van der Waals surface area contributed by atoms with Crippen molar-refractivity contribution in [2.75, 3.05) is 46.8 Å². The summed E-state index contributed by atoms with van der Waals surface area (Å²) in [5.41, 5.74) is 1.77. The lowest BCUT2D eigenvalue weighted by molar-refractivity contribution is -0.0679. The van der Waals surface area contributed by atoms with Crippen molar-refractivity contribution in [3.63, 3.8) is 0 Å². The minimum atomic E-state index is 0.0131. The van der Waals surface area contributed by atoms with Gasteiger partial charge in [0.15, 0.2) is 5.96 Å². The molecule has 0 bridgehead atoms. The lowest BCUT2D eigenvalue weighted by Gasteiger charge is -2.35. The average molecular weight is 404 g/mol. The second kappa shape index (κ2) is 11.8. The molecule has 7 nitrogen and oxygen atoms in total. The highest BCUT2D eigenvalue weighted by Crippen LogP contribution is 2.10. The van der Waals surface area contributed by atoms with Crippen LogP contribution in [0.15, 0.2) is 29.3 Å². The highest BCUT2D eigenvalue weighted by atomic mass is 16.5. The standard InChI is InChI=1S/C22H37N5O2/c1-6-23-22(24-12-7-13-27-15-17(2)29-18(3)16-27)25-14-19-8-10-20(11-9-19)21(28)26(4)5/h8-11,17-18H,6-7,12-16H2,1-5H3,(H2,23,24,25). The van der Waals surface area contributed by atoms with E-state index < -0.39 is 0 Å². The van der Waals surface area contributed by atoms with E-state index in [1.807, 2.05) is 24.3 Å². The molecule has 1 aliphatic rings. The molecular weight excluding hydrogens is 366 g/mol. The predicted molar refractivity (Wildman–Crippen MR) is 118 cm³/mol. The van der Waals surface area contributed by atoms with Crippen molar-refractivity contribution < 1.29 is 9.53 Å². The Hall–Kier alpha value is -2.12. The second-order valence-corrected chi connectivity index (χ2v) is 7.89. The van der Waals surface area contributed by atoms with E-state index in [2.05, 4.69) is 41.3 Å². The number of hydrogen-bond donors (Lipinski definition) is 2. The molecule has 0 aromatic heterocycles. The molecule has 0 aliphatic carbocycles. The molecule has 2 N–H and O–H groups in total. The van der Waals surface area contributed by atoms with Gasteiger partial charge in [-0.1, -0.05) is 12.1 Å². The summed E-state index contributed by atoms with van der Waals surface area (Å²) in [5, 5.41) is 6.71. The van der Waals surface area contributed by atoms with E-state index in [0.717, 1.165) is 50.7 Å². The van der Waals surface area contributed by atoms with Gasteiger partial charge in [-0.25, -0.2) is 4.99 Å². The molecule has 2 unspecified atom stereocenters. The Labute approximate surface area is 175 Å². The lowest BCUT2D eigenvalue weighted by atomic mass is 10.1. The van der Waals surface area contributed by atoms with Crippen molar-refractivity contribution in [3.05, 3.63) is 35.4 Å². The Balaban J connectivity index is 1.79. The molecule has 7 heteroatoms. The molecule has 162 valence electrons. The summed E-state index contributed by atoms with van der Waals surface area (Å²) in [6.45, 7) is 11.7. The maximum atomic E-state index is 12.0. The van der Waals surface area contributed by atoms with Crippen LogP contribution in [0.1, 0.15) is 43.1 Å². The van der Waals surface area contributed by atoms with E-state index in [1.54, 1.807) is 19.0 Å². The molecule has 1 aromatic rings. The Morgan fingerprint density at radius 1 is 1.17 bits per heavy atom. The molecule has 2 atom stereocenters. The van der Waals surface area contributed by atoms with Gasteiger partial charge in [0.1, 0.15) is 0 Å². The maximum absolute atomic E-state index is 12.0. The summed E-state index contributed by atoms with van der Waals surface area (Å²) in [6, 6.07) is 7.64. The maximum Gasteiger partial charge on any atom is 0.253 e. The number of morpholine rings is 1. The molecule has 0 radical (unpaired) electrons. The Bertz CT molecular complexity index is 650. The molecule has 1 heterocycles. The van der Waals surface area contributed by atoms with Gasteiger partial charge in [0.2, 0.25) is 0 Å². The predicted octanol–water partition coefficient (Wildman–Crippen LogP) is 1.94. The van der Waals surface area contributed by atoms with E-state index >= 15 is 0 Å². The minimum Gasteiger partial charge on any atom is -0.373 e. The van der Waals surface area contributed by atoms with Crippen LogP contribution in [-0.4, -0.2) is 80.7 Å². The number of ether oxygens (including phenoxy) is 1. The van der Waals surface area contributed by atoms with Crippen LogP contribution in [0.4, 0.5) is 0 Å². The first-order chi connectivity index (χ1) is 13.9. The van der Waals surface area contributed by atoms with Gasteiger partial charge in [-0.15, -0.1) is 0 Å². The third kappa shape index (κ3) is 8.03. The van der Waals surface area contributed by atoms with Gasteiger partial charge >= 0.3 is 0 Å². The van der Waals surface area contributed by atoms with Crippen LogP contribution in [0.3, 0.4) is 0 Å². The SMILES string of the molecule is CCNC(=NCc1ccc(C(=O)N(C)C)cc1)NCCCN1CC(C)OC(C)C1. The van der Waals surface area contributed by atoms with Crippen LogP contribution in [0.5, 0.6) is 0 Å². The van der Waals surface area contributed by atoms with Gasteiger partial charge in [0.05, 0.1) is 18.8 Å². The minimum absolute atomic E-state index is 0.0131. The van der Waals surface area contributed by atoms with Crippen molar-refractivity contribution >= 4 is 11.9 Å². The number of rotatable bonds is 8. The van der Waals surface area contributed by atoms with Crippen LogP contribution in [0.25, 0.3) is 0 Å². The van der Waals surface area contributed by atoms with E-state index in [4.69, 9.17) is 4.74 Å². The van der Waals surface area contributed by atoms with E-state index in [9.17, 15) is 4.79 Å². The van der Waals surface area contributed by atoms with Crippen molar-refractivity contribution in [2.45, 2.75) is 45.9 Å². The van der Waals surface area contributed by atoms with Crippen LogP contribution >= 0.6 is 0 Å². The first-order valence-electron chi connectivity index (χ1n) is 10.6. The Kier molecular flexibility index (Phi) is 9.41. The molecule has 0 saturated carbocycles. The molecule has 29 heavy (non-hydrogen) atoms. The molecule has 1 aliphatic heterocycles. The summed E-state index contributed by atoms with van der Waals surface area (Å²) in [4.78, 5) is 20.7. The number of aliphatic imine (C=N–C) groups is 1. The third-order valence-corrected chi connectivity index (χ3v) is 4.81. The summed E-state index contributed by atoms with van der Waals surface area (Å²) < 4.78 is 5.79. The van der Waals surface area contributed by atoms with E-state index in [-0.39, 0.29) is 5.91 Å². The molecular formula is C22H37N5O2. The van der Waals surface area contributed by atoms with Gasteiger partial charge < -0.3 is 20.3 Å². The highest BCUT2D eigenvalue weighted by molar-refractivity contribution is 5.93. The third-order valence-electron chi connectivity index (χ3n) is 4.81. The fourth-order valence-electron chi connectivity index (χ4n) is 3.50. The Morgan fingerprint density at radius 2 is 1.83 bits per heavy atom. The van der Waals surface area contributed by atoms with Gasteiger partial charge in [-0.05, 0) is 44.9 Å². The molecule has 2 rings (SSSR count). The summed E-state index contributed by atoms with van der Waals surface area (Å²) >= 11 is 0. The summed E-state index contributed by atoms with van der Waals surface area (Å²) in [6.07, 6.45) is 1.68. The zero-order valence-electron chi connectivity index (χ0n) is 18.6. The molecule has 0 spiro atoms. The quantitative estimate of drug-likeness (QED) is 0.394. The Morgan fingerprint density at radius 3 is 2.41 bits per heavy atom. The second-order valence-electron chi connectivity index (χ2n) is 7.89. The first-order valence-corrected chi connectivity index (χ1v) is 10.6. The number of amides is 1.